The zero-order valence-electron chi connectivity index (χ0n) is 16.0. The predicted octanol–water partition coefficient (Wildman–Crippen LogP) is 2.68. The molecule has 0 spiro atoms. The summed E-state index contributed by atoms with van der Waals surface area (Å²) in [5, 5.41) is 0.914. The van der Waals surface area contributed by atoms with Gasteiger partial charge in [0.1, 0.15) is 11.3 Å². The largest absolute Gasteiger partial charge is 0.492 e. The smallest absolute Gasteiger partial charge is 0.238 e. The molecule has 1 aliphatic rings. The van der Waals surface area contributed by atoms with E-state index in [4.69, 9.17) is 14.2 Å². The van der Waals surface area contributed by atoms with E-state index in [-0.39, 0.29) is 4.90 Å². The van der Waals surface area contributed by atoms with Crippen molar-refractivity contribution < 1.29 is 22.6 Å². The van der Waals surface area contributed by atoms with Crippen LogP contribution in [0.1, 0.15) is 0 Å². The minimum absolute atomic E-state index is 0.250. The van der Waals surface area contributed by atoms with Crippen molar-refractivity contribution in [3.8, 4) is 22.8 Å². The molecule has 1 aromatic carbocycles. The van der Waals surface area contributed by atoms with Gasteiger partial charge < -0.3 is 18.8 Å². The van der Waals surface area contributed by atoms with Crippen LogP contribution in [-0.2, 0) is 21.6 Å². The molecule has 8 heteroatoms. The molecular weight excluding hydrogens is 380 g/mol. The highest BCUT2D eigenvalue weighted by molar-refractivity contribution is 7.90. The molecular formula is C20H22N2O5S. The van der Waals surface area contributed by atoms with Gasteiger partial charge in [0, 0.05) is 48.1 Å². The van der Waals surface area contributed by atoms with Crippen LogP contribution in [0.15, 0.2) is 41.6 Å². The van der Waals surface area contributed by atoms with E-state index >= 15 is 0 Å². The van der Waals surface area contributed by atoms with E-state index in [1.54, 1.807) is 31.5 Å². The summed E-state index contributed by atoms with van der Waals surface area (Å²) < 4.78 is 42.8. The lowest BCUT2D eigenvalue weighted by molar-refractivity contribution is -0.0507. The third-order valence-electron chi connectivity index (χ3n) is 4.90. The Balaban J connectivity index is 1.88. The number of aromatic nitrogens is 2. The lowest BCUT2D eigenvalue weighted by Crippen LogP contribution is -2.32. The number of fused-ring (bicyclic) bond motifs is 1. The maximum Gasteiger partial charge on any atom is 0.238 e. The summed E-state index contributed by atoms with van der Waals surface area (Å²) in [6.45, 7) is 1.91. The molecule has 4 rings (SSSR count). The van der Waals surface area contributed by atoms with Crippen LogP contribution in [0.3, 0.4) is 0 Å². The van der Waals surface area contributed by atoms with Crippen molar-refractivity contribution in [2.24, 2.45) is 13.0 Å². The van der Waals surface area contributed by atoms with Crippen LogP contribution in [0.25, 0.3) is 22.0 Å². The first-order valence-corrected chi connectivity index (χ1v) is 10.8. The van der Waals surface area contributed by atoms with Crippen molar-refractivity contribution in [2.75, 3.05) is 33.2 Å². The van der Waals surface area contributed by atoms with Gasteiger partial charge in [-0.1, -0.05) is 0 Å². The summed E-state index contributed by atoms with van der Waals surface area (Å²) in [6, 6.07) is 6.87. The quantitative estimate of drug-likeness (QED) is 0.631. The number of rotatable bonds is 6. The number of aryl methyl sites for hydroxylation is 1. The molecule has 28 heavy (non-hydrogen) atoms. The molecule has 0 atom stereocenters. The number of pyridine rings is 1. The highest BCUT2D eigenvalue weighted by Crippen LogP contribution is 2.39. The molecule has 1 aliphatic heterocycles. The second-order valence-corrected chi connectivity index (χ2v) is 9.03. The second-order valence-electron chi connectivity index (χ2n) is 7.01. The highest BCUT2D eigenvalue weighted by atomic mass is 32.2. The molecule has 0 amide bonds. The zero-order valence-corrected chi connectivity index (χ0v) is 16.8. The SMILES string of the molecule is COc1nccc2c(-c3cc(S(C)(=O)=O)ccc3OCC3COC3)cn(C)c12. The van der Waals surface area contributed by atoms with Crippen molar-refractivity contribution in [3.63, 3.8) is 0 Å². The number of benzene rings is 1. The van der Waals surface area contributed by atoms with E-state index in [0.717, 1.165) is 22.0 Å². The molecule has 1 saturated heterocycles. The van der Waals surface area contributed by atoms with Gasteiger partial charge in [-0.3, -0.25) is 0 Å². The maximum atomic E-state index is 12.1. The van der Waals surface area contributed by atoms with E-state index in [1.807, 2.05) is 23.9 Å². The first-order valence-electron chi connectivity index (χ1n) is 8.91. The molecule has 0 unspecified atom stereocenters. The maximum absolute atomic E-state index is 12.1. The minimum atomic E-state index is -3.35. The van der Waals surface area contributed by atoms with Crippen LogP contribution in [0, 0.1) is 5.92 Å². The van der Waals surface area contributed by atoms with Crippen molar-refractivity contribution in [2.45, 2.75) is 4.90 Å². The predicted molar refractivity (Wildman–Crippen MR) is 106 cm³/mol. The van der Waals surface area contributed by atoms with Crippen LogP contribution in [-0.4, -0.2) is 51.2 Å². The topological polar surface area (TPSA) is 79.7 Å². The third kappa shape index (κ3) is 3.33. The van der Waals surface area contributed by atoms with Crippen molar-refractivity contribution in [1.29, 1.82) is 0 Å². The Morgan fingerprint density at radius 2 is 2.04 bits per heavy atom. The molecule has 148 valence electrons. The number of methoxy groups -OCH3 is 1. The Bertz CT molecular complexity index is 1130. The molecule has 0 bridgehead atoms. The van der Waals surface area contributed by atoms with Crippen LogP contribution in [0.5, 0.6) is 11.6 Å². The lowest BCUT2D eigenvalue weighted by atomic mass is 10.0. The van der Waals surface area contributed by atoms with Crippen molar-refractivity contribution >= 4 is 20.7 Å². The molecule has 3 heterocycles. The highest BCUT2D eigenvalue weighted by Gasteiger charge is 2.22. The molecule has 7 nitrogen and oxygen atoms in total. The molecule has 0 saturated carbocycles. The first kappa shape index (κ1) is 18.8. The molecule has 1 fully saturated rings. The standard InChI is InChI=1S/C20H22N2O5S/c1-22-9-17(15-6-7-21-20(25-2)19(15)22)16-8-14(28(3,23)24)4-5-18(16)27-12-13-10-26-11-13/h4-9,13H,10-12H2,1-3H3. The number of hydrogen-bond acceptors (Lipinski definition) is 6. The van der Waals surface area contributed by atoms with Crippen LogP contribution < -0.4 is 9.47 Å². The van der Waals surface area contributed by atoms with Gasteiger partial charge >= 0.3 is 0 Å². The summed E-state index contributed by atoms with van der Waals surface area (Å²) in [5.74, 6) is 1.52. The van der Waals surface area contributed by atoms with E-state index in [2.05, 4.69) is 4.98 Å². The Hall–Kier alpha value is -2.58. The normalized spacial score (nSPS) is 14.8. The second kappa shape index (κ2) is 7.10. The van der Waals surface area contributed by atoms with Gasteiger partial charge in [-0.25, -0.2) is 13.4 Å². The Labute approximate surface area is 163 Å². The Morgan fingerprint density at radius 3 is 2.68 bits per heavy atom. The molecule has 3 aromatic rings. The van der Waals surface area contributed by atoms with E-state index in [9.17, 15) is 8.42 Å². The number of nitrogens with zero attached hydrogens (tertiary/aromatic N) is 2. The van der Waals surface area contributed by atoms with Crippen LogP contribution in [0.2, 0.25) is 0 Å². The van der Waals surface area contributed by atoms with Gasteiger partial charge in [-0.15, -0.1) is 0 Å². The van der Waals surface area contributed by atoms with Gasteiger partial charge in [-0.05, 0) is 24.3 Å². The molecule has 0 aliphatic carbocycles. The van der Waals surface area contributed by atoms with Gasteiger partial charge in [-0.2, -0.15) is 0 Å². The fourth-order valence-electron chi connectivity index (χ4n) is 3.35. The monoisotopic (exact) mass is 402 g/mol. The minimum Gasteiger partial charge on any atom is -0.492 e. The Kier molecular flexibility index (Phi) is 4.76. The van der Waals surface area contributed by atoms with Gasteiger partial charge in [0.15, 0.2) is 9.84 Å². The zero-order chi connectivity index (χ0) is 19.9. The van der Waals surface area contributed by atoms with Gasteiger partial charge in [0.2, 0.25) is 5.88 Å². The number of ether oxygens (including phenoxy) is 3. The van der Waals surface area contributed by atoms with Crippen molar-refractivity contribution in [3.05, 3.63) is 36.7 Å². The third-order valence-corrected chi connectivity index (χ3v) is 6.01. The van der Waals surface area contributed by atoms with E-state index in [1.165, 1.54) is 6.26 Å². The number of hydrogen-bond donors (Lipinski definition) is 0. The average Bonchev–Trinajstić information content (AvgIpc) is 2.96. The fraction of sp³-hybridized carbons (Fsp3) is 0.350. The summed E-state index contributed by atoms with van der Waals surface area (Å²) in [7, 11) is 0.129. The molecule has 2 aromatic heterocycles. The van der Waals surface area contributed by atoms with Crippen molar-refractivity contribution in [1.82, 2.24) is 9.55 Å². The summed E-state index contributed by atoms with van der Waals surface area (Å²) in [5.41, 5.74) is 2.42. The lowest BCUT2D eigenvalue weighted by Gasteiger charge is -2.26. The average molecular weight is 402 g/mol. The van der Waals surface area contributed by atoms with E-state index in [0.29, 0.717) is 37.4 Å². The fourth-order valence-corrected chi connectivity index (χ4v) is 4.00. The van der Waals surface area contributed by atoms with Gasteiger partial charge in [0.05, 0.1) is 31.8 Å². The molecule has 0 N–H and O–H groups in total. The Morgan fingerprint density at radius 1 is 1.25 bits per heavy atom. The van der Waals surface area contributed by atoms with Crippen LogP contribution >= 0.6 is 0 Å². The van der Waals surface area contributed by atoms with Crippen LogP contribution in [0.4, 0.5) is 0 Å². The summed E-state index contributed by atoms with van der Waals surface area (Å²) in [6.07, 6.45) is 4.82. The number of sulfone groups is 1. The summed E-state index contributed by atoms with van der Waals surface area (Å²) >= 11 is 0. The van der Waals surface area contributed by atoms with Gasteiger partial charge in [0.25, 0.3) is 0 Å². The first-order chi connectivity index (χ1) is 13.4. The van der Waals surface area contributed by atoms with E-state index < -0.39 is 9.84 Å². The molecule has 0 radical (unpaired) electrons. The summed E-state index contributed by atoms with van der Waals surface area (Å²) in [4.78, 5) is 4.52.